The lowest BCUT2D eigenvalue weighted by Crippen LogP contribution is -2.11. The average Bonchev–Trinajstić information content (AvgIpc) is 2.98. The highest BCUT2D eigenvalue weighted by Gasteiger charge is 2.17. The van der Waals surface area contributed by atoms with Crippen molar-refractivity contribution in [2.75, 3.05) is 11.0 Å². The molecule has 0 spiro atoms. The van der Waals surface area contributed by atoms with Crippen LogP contribution in [0.1, 0.15) is 32.4 Å². The molecule has 1 atom stereocenters. The lowest BCUT2D eigenvalue weighted by Gasteiger charge is -2.19. The van der Waals surface area contributed by atoms with Crippen molar-refractivity contribution < 1.29 is 8.42 Å². The Morgan fingerprint density at radius 3 is 2.30 bits per heavy atom. The normalized spacial score (nSPS) is 12.9. The van der Waals surface area contributed by atoms with Crippen molar-refractivity contribution in [3.05, 3.63) is 54.2 Å². The molecule has 0 bridgehead atoms. The first kappa shape index (κ1) is 19.0. The van der Waals surface area contributed by atoms with Crippen molar-refractivity contribution >= 4 is 26.6 Å². The van der Waals surface area contributed by atoms with Crippen LogP contribution in [0.2, 0.25) is 0 Å². The standard InChI is InChI=1S/C21H23N3O2S/c1-14(2)15(3)24-13-20(17-7-5-16(12-22)6-8-17)19-10-9-18(11-21(19)24)23-27(4,25)26/h5-11,13-15,23H,1-4H3. The second-order valence-electron chi connectivity index (χ2n) is 7.23. The van der Waals surface area contributed by atoms with Gasteiger partial charge >= 0.3 is 0 Å². The molecule has 0 aliphatic heterocycles. The third-order valence-electron chi connectivity index (χ3n) is 4.87. The molecule has 2 aromatic carbocycles. The minimum absolute atomic E-state index is 0.244. The molecule has 3 rings (SSSR count). The summed E-state index contributed by atoms with van der Waals surface area (Å²) in [6.07, 6.45) is 3.26. The molecule has 5 nitrogen and oxygen atoms in total. The number of nitriles is 1. The fourth-order valence-corrected chi connectivity index (χ4v) is 3.70. The van der Waals surface area contributed by atoms with E-state index in [0.717, 1.165) is 28.3 Å². The minimum Gasteiger partial charge on any atom is -0.344 e. The summed E-state index contributed by atoms with van der Waals surface area (Å²) >= 11 is 0. The first-order chi connectivity index (χ1) is 12.7. The molecule has 0 aliphatic rings. The van der Waals surface area contributed by atoms with Crippen LogP contribution < -0.4 is 4.72 Å². The largest absolute Gasteiger partial charge is 0.344 e. The molecule has 0 radical (unpaired) electrons. The summed E-state index contributed by atoms with van der Waals surface area (Å²) in [6.45, 7) is 6.48. The molecule has 0 amide bonds. The van der Waals surface area contributed by atoms with Crippen molar-refractivity contribution in [2.45, 2.75) is 26.8 Å². The van der Waals surface area contributed by atoms with E-state index in [1.54, 1.807) is 6.07 Å². The molecule has 0 fully saturated rings. The van der Waals surface area contributed by atoms with Crippen molar-refractivity contribution in [2.24, 2.45) is 5.92 Å². The van der Waals surface area contributed by atoms with Crippen LogP contribution >= 0.6 is 0 Å². The molecule has 0 saturated carbocycles. The van der Waals surface area contributed by atoms with Gasteiger partial charge in [-0.25, -0.2) is 8.42 Å². The van der Waals surface area contributed by atoms with Gasteiger partial charge in [-0.05, 0) is 42.7 Å². The minimum atomic E-state index is -3.34. The Balaban J connectivity index is 2.21. The molecule has 6 heteroatoms. The first-order valence-electron chi connectivity index (χ1n) is 8.82. The Morgan fingerprint density at radius 1 is 1.07 bits per heavy atom. The fourth-order valence-electron chi connectivity index (χ4n) is 3.14. The summed E-state index contributed by atoms with van der Waals surface area (Å²) in [5.41, 5.74) is 4.24. The van der Waals surface area contributed by atoms with Crippen LogP contribution in [0.5, 0.6) is 0 Å². The lowest BCUT2D eigenvalue weighted by molar-refractivity contribution is 0.419. The summed E-state index contributed by atoms with van der Waals surface area (Å²) in [5, 5.41) is 10.1. The molecule has 1 heterocycles. The van der Waals surface area contributed by atoms with Gasteiger partial charge in [-0.1, -0.05) is 32.0 Å². The zero-order chi connectivity index (χ0) is 19.8. The van der Waals surface area contributed by atoms with Gasteiger partial charge < -0.3 is 4.57 Å². The molecule has 140 valence electrons. The molecule has 27 heavy (non-hydrogen) atoms. The van der Waals surface area contributed by atoms with Crippen LogP contribution in [0.4, 0.5) is 5.69 Å². The Hall–Kier alpha value is -2.78. The average molecular weight is 382 g/mol. The van der Waals surface area contributed by atoms with Gasteiger partial charge in [0.25, 0.3) is 0 Å². The highest BCUT2D eigenvalue weighted by molar-refractivity contribution is 7.92. The number of hydrogen-bond donors (Lipinski definition) is 1. The Kier molecular flexibility index (Phi) is 4.99. The second kappa shape index (κ2) is 7.09. The Morgan fingerprint density at radius 2 is 1.74 bits per heavy atom. The zero-order valence-electron chi connectivity index (χ0n) is 15.9. The Labute approximate surface area is 160 Å². The van der Waals surface area contributed by atoms with E-state index in [4.69, 9.17) is 5.26 Å². The Bertz CT molecular complexity index is 1120. The van der Waals surface area contributed by atoms with Crippen LogP contribution in [0.25, 0.3) is 22.0 Å². The van der Waals surface area contributed by atoms with E-state index in [1.807, 2.05) is 36.4 Å². The maximum absolute atomic E-state index is 11.6. The van der Waals surface area contributed by atoms with Crippen molar-refractivity contribution in [3.8, 4) is 17.2 Å². The second-order valence-corrected chi connectivity index (χ2v) is 8.98. The summed E-state index contributed by atoms with van der Waals surface area (Å²) in [5.74, 6) is 0.418. The SMILES string of the molecule is CC(C)C(C)n1cc(-c2ccc(C#N)cc2)c2ccc(NS(C)(=O)=O)cc21. The molecule has 0 saturated heterocycles. The van der Waals surface area contributed by atoms with E-state index < -0.39 is 10.0 Å². The summed E-state index contributed by atoms with van der Waals surface area (Å²) in [6, 6.07) is 15.5. The molecule has 1 unspecified atom stereocenters. The monoisotopic (exact) mass is 381 g/mol. The predicted octanol–water partition coefficient (Wildman–Crippen LogP) is 4.77. The van der Waals surface area contributed by atoms with Crippen LogP contribution in [0.3, 0.4) is 0 Å². The topological polar surface area (TPSA) is 74.9 Å². The number of hydrogen-bond acceptors (Lipinski definition) is 3. The summed E-state index contributed by atoms with van der Waals surface area (Å²) in [7, 11) is -3.34. The van der Waals surface area contributed by atoms with Crippen molar-refractivity contribution in [1.82, 2.24) is 4.57 Å². The number of nitrogens with zero attached hydrogens (tertiary/aromatic N) is 2. The van der Waals surface area contributed by atoms with Gasteiger partial charge in [0.2, 0.25) is 10.0 Å². The van der Waals surface area contributed by atoms with Gasteiger partial charge in [-0.2, -0.15) is 5.26 Å². The predicted molar refractivity (Wildman–Crippen MR) is 110 cm³/mol. The van der Waals surface area contributed by atoms with E-state index in [0.29, 0.717) is 17.2 Å². The van der Waals surface area contributed by atoms with Gasteiger partial charge in [-0.3, -0.25) is 4.72 Å². The van der Waals surface area contributed by atoms with E-state index in [2.05, 4.69) is 42.3 Å². The number of fused-ring (bicyclic) bond motifs is 1. The molecular formula is C21H23N3O2S. The molecular weight excluding hydrogens is 358 g/mol. The number of aromatic nitrogens is 1. The van der Waals surface area contributed by atoms with Crippen LogP contribution in [-0.2, 0) is 10.0 Å². The maximum atomic E-state index is 11.6. The number of sulfonamides is 1. The van der Waals surface area contributed by atoms with Crippen molar-refractivity contribution in [3.63, 3.8) is 0 Å². The van der Waals surface area contributed by atoms with Gasteiger partial charge in [0.1, 0.15) is 0 Å². The molecule has 1 N–H and O–H groups in total. The zero-order valence-corrected chi connectivity index (χ0v) is 16.7. The first-order valence-corrected chi connectivity index (χ1v) is 10.7. The van der Waals surface area contributed by atoms with Gasteiger partial charge in [0.15, 0.2) is 0 Å². The highest BCUT2D eigenvalue weighted by Crippen LogP contribution is 2.35. The lowest BCUT2D eigenvalue weighted by atomic mass is 10.0. The van der Waals surface area contributed by atoms with Crippen LogP contribution in [-0.4, -0.2) is 19.2 Å². The van der Waals surface area contributed by atoms with Gasteiger partial charge in [0, 0.05) is 23.2 Å². The number of anilines is 1. The van der Waals surface area contributed by atoms with Crippen LogP contribution in [0.15, 0.2) is 48.7 Å². The molecule has 1 aromatic heterocycles. The molecule has 3 aromatic rings. The fraction of sp³-hybridized carbons (Fsp3) is 0.286. The third kappa shape index (κ3) is 3.99. The number of nitrogens with one attached hydrogen (secondary N) is 1. The summed E-state index contributed by atoms with van der Waals surface area (Å²) in [4.78, 5) is 0. The number of rotatable bonds is 5. The molecule has 0 aliphatic carbocycles. The van der Waals surface area contributed by atoms with E-state index in [-0.39, 0.29) is 6.04 Å². The highest BCUT2D eigenvalue weighted by atomic mass is 32.2. The van der Waals surface area contributed by atoms with Gasteiger partial charge in [-0.15, -0.1) is 0 Å². The summed E-state index contributed by atoms with van der Waals surface area (Å²) < 4.78 is 28.0. The maximum Gasteiger partial charge on any atom is 0.229 e. The van der Waals surface area contributed by atoms with Crippen molar-refractivity contribution in [1.29, 1.82) is 5.26 Å². The third-order valence-corrected chi connectivity index (χ3v) is 5.47. The van der Waals surface area contributed by atoms with E-state index >= 15 is 0 Å². The number of benzene rings is 2. The van der Waals surface area contributed by atoms with E-state index in [1.165, 1.54) is 0 Å². The smallest absolute Gasteiger partial charge is 0.229 e. The van der Waals surface area contributed by atoms with Crippen LogP contribution in [0, 0.1) is 17.2 Å². The van der Waals surface area contributed by atoms with E-state index in [9.17, 15) is 8.42 Å². The quantitative estimate of drug-likeness (QED) is 0.692. The van der Waals surface area contributed by atoms with Gasteiger partial charge in [0.05, 0.1) is 29.1 Å².